The van der Waals surface area contributed by atoms with Crippen molar-refractivity contribution in [1.29, 1.82) is 0 Å². The van der Waals surface area contributed by atoms with Crippen LogP contribution in [-0.4, -0.2) is 65.6 Å². The second kappa shape index (κ2) is 7.16. The molecule has 5 rings (SSSR count). The number of fused-ring (bicyclic) bond motifs is 1. The molecule has 2 fully saturated rings. The molecule has 2 aliphatic heterocycles. The maximum Gasteiger partial charge on any atom is 0.229 e. The second-order valence-electron chi connectivity index (χ2n) is 9.35. The quantitative estimate of drug-likeness (QED) is 0.642. The molecule has 0 aliphatic carbocycles. The first-order chi connectivity index (χ1) is 14.7. The highest BCUT2D eigenvalue weighted by atomic mass is 35.5. The van der Waals surface area contributed by atoms with Crippen LogP contribution in [0, 0.1) is 10.8 Å². The summed E-state index contributed by atoms with van der Waals surface area (Å²) in [5, 5.41) is 12.4. The van der Waals surface area contributed by atoms with Crippen molar-refractivity contribution >= 4 is 29.1 Å². The number of aromatic nitrogens is 7. The van der Waals surface area contributed by atoms with Gasteiger partial charge >= 0.3 is 0 Å². The summed E-state index contributed by atoms with van der Waals surface area (Å²) in [4.78, 5) is 18.2. The number of nitrogens with zero attached hydrogens (tertiary/aromatic N) is 9. The lowest BCUT2D eigenvalue weighted by molar-refractivity contribution is 0.212. The van der Waals surface area contributed by atoms with Crippen molar-refractivity contribution in [2.45, 2.75) is 20.4 Å². The predicted molar refractivity (Wildman–Crippen MR) is 118 cm³/mol. The summed E-state index contributed by atoms with van der Waals surface area (Å²) in [5.74, 6) is 2.16. The molecule has 0 saturated carbocycles. The third kappa shape index (κ3) is 3.63. The van der Waals surface area contributed by atoms with E-state index in [1.165, 1.54) is 0 Å². The Morgan fingerprint density at radius 1 is 1.03 bits per heavy atom. The Bertz CT molecular complexity index is 1090. The van der Waals surface area contributed by atoms with E-state index < -0.39 is 0 Å². The van der Waals surface area contributed by atoms with Crippen LogP contribution in [-0.2, 0) is 20.6 Å². The fraction of sp³-hybridized carbons (Fsp3) is 0.550. The summed E-state index contributed by atoms with van der Waals surface area (Å²) >= 11 is 6.53. The second-order valence-corrected chi connectivity index (χ2v) is 9.76. The van der Waals surface area contributed by atoms with Gasteiger partial charge in [-0.25, -0.2) is 9.97 Å². The van der Waals surface area contributed by atoms with Crippen LogP contribution in [0.15, 0.2) is 24.9 Å². The Morgan fingerprint density at radius 2 is 1.77 bits per heavy atom. The standard InChI is InChI=1S/C20H27ClN10/c1-19-9-30(8-16-23-13-29(4)27-16)10-20(19,2)12-31(11-19)17-15(21)6-22-18(26-17)25-14-5-24-28(3)7-14/h5-7,13H,8-12H2,1-4H3,(H,22,25,26)/t19-,20+. The highest BCUT2D eigenvalue weighted by Crippen LogP contribution is 2.53. The zero-order chi connectivity index (χ0) is 21.8. The van der Waals surface area contributed by atoms with E-state index in [4.69, 9.17) is 16.6 Å². The molecular weight excluding hydrogens is 416 g/mol. The van der Waals surface area contributed by atoms with Crippen LogP contribution in [0.4, 0.5) is 17.5 Å². The molecule has 31 heavy (non-hydrogen) atoms. The van der Waals surface area contributed by atoms with Gasteiger partial charge in [0, 0.05) is 57.3 Å². The Kier molecular flexibility index (Phi) is 4.67. The molecule has 2 aliphatic rings. The van der Waals surface area contributed by atoms with Gasteiger partial charge in [-0.2, -0.15) is 15.2 Å². The van der Waals surface area contributed by atoms with E-state index in [2.05, 4.69) is 49.1 Å². The first-order valence-electron chi connectivity index (χ1n) is 10.3. The largest absolute Gasteiger partial charge is 0.354 e. The molecule has 11 heteroatoms. The molecule has 2 saturated heterocycles. The van der Waals surface area contributed by atoms with Gasteiger partial charge in [-0.15, -0.1) is 0 Å². The third-order valence-electron chi connectivity index (χ3n) is 6.68. The van der Waals surface area contributed by atoms with Gasteiger partial charge in [0.15, 0.2) is 11.6 Å². The molecule has 5 heterocycles. The van der Waals surface area contributed by atoms with E-state index in [0.717, 1.165) is 50.1 Å². The molecule has 164 valence electrons. The van der Waals surface area contributed by atoms with Crippen LogP contribution in [0.5, 0.6) is 0 Å². The number of likely N-dealkylation sites (tertiary alicyclic amines) is 1. The number of aryl methyl sites for hydroxylation is 2. The first kappa shape index (κ1) is 20.2. The van der Waals surface area contributed by atoms with Gasteiger partial charge in [-0.1, -0.05) is 25.4 Å². The molecule has 0 radical (unpaired) electrons. The van der Waals surface area contributed by atoms with Crippen molar-refractivity contribution in [1.82, 2.24) is 39.4 Å². The summed E-state index contributed by atoms with van der Waals surface area (Å²) < 4.78 is 3.49. The summed E-state index contributed by atoms with van der Waals surface area (Å²) in [6.07, 6.45) is 7.04. The lowest BCUT2D eigenvalue weighted by Gasteiger charge is -2.30. The van der Waals surface area contributed by atoms with E-state index in [9.17, 15) is 0 Å². The molecule has 0 amide bonds. The Hall–Kier alpha value is -2.72. The molecule has 10 nitrogen and oxygen atoms in total. The van der Waals surface area contributed by atoms with Crippen LogP contribution in [0.1, 0.15) is 19.7 Å². The Labute approximate surface area is 186 Å². The van der Waals surface area contributed by atoms with Crippen molar-refractivity contribution in [3.63, 3.8) is 0 Å². The molecule has 0 bridgehead atoms. The minimum Gasteiger partial charge on any atom is -0.354 e. The van der Waals surface area contributed by atoms with E-state index in [0.29, 0.717) is 11.0 Å². The lowest BCUT2D eigenvalue weighted by atomic mass is 9.71. The average molecular weight is 443 g/mol. The van der Waals surface area contributed by atoms with Crippen molar-refractivity contribution < 1.29 is 0 Å². The Balaban J connectivity index is 1.33. The first-order valence-corrected chi connectivity index (χ1v) is 10.7. The van der Waals surface area contributed by atoms with Gasteiger partial charge < -0.3 is 10.2 Å². The van der Waals surface area contributed by atoms with Gasteiger partial charge in [0.25, 0.3) is 0 Å². The average Bonchev–Trinajstić information content (AvgIpc) is 3.40. The molecule has 3 aromatic heterocycles. The topological polar surface area (TPSA) is 92.8 Å². The van der Waals surface area contributed by atoms with E-state index in [1.54, 1.807) is 28.1 Å². The van der Waals surface area contributed by atoms with Crippen LogP contribution >= 0.6 is 11.6 Å². The van der Waals surface area contributed by atoms with Gasteiger partial charge in [0.2, 0.25) is 5.95 Å². The number of hydrogen-bond donors (Lipinski definition) is 1. The number of halogens is 1. The molecular formula is C20H27ClN10. The number of hydrogen-bond acceptors (Lipinski definition) is 8. The van der Waals surface area contributed by atoms with Crippen LogP contribution in [0.3, 0.4) is 0 Å². The maximum absolute atomic E-state index is 6.53. The molecule has 3 aromatic rings. The van der Waals surface area contributed by atoms with Crippen molar-refractivity contribution in [2.75, 3.05) is 36.4 Å². The molecule has 0 aromatic carbocycles. The molecule has 1 N–H and O–H groups in total. The van der Waals surface area contributed by atoms with Crippen molar-refractivity contribution in [3.05, 3.63) is 35.8 Å². The molecule has 0 unspecified atom stereocenters. The Morgan fingerprint density at radius 3 is 2.39 bits per heavy atom. The van der Waals surface area contributed by atoms with Gasteiger partial charge in [-0.05, 0) is 0 Å². The summed E-state index contributed by atoms with van der Waals surface area (Å²) in [6.45, 7) is 9.26. The minimum atomic E-state index is 0.118. The monoisotopic (exact) mass is 442 g/mol. The van der Waals surface area contributed by atoms with Crippen LogP contribution in [0.2, 0.25) is 5.02 Å². The van der Waals surface area contributed by atoms with Gasteiger partial charge in [-0.3, -0.25) is 14.3 Å². The van der Waals surface area contributed by atoms with E-state index in [-0.39, 0.29) is 10.8 Å². The van der Waals surface area contributed by atoms with E-state index in [1.807, 2.05) is 20.3 Å². The fourth-order valence-corrected chi connectivity index (χ4v) is 5.19. The zero-order valence-corrected chi connectivity index (χ0v) is 19.0. The van der Waals surface area contributed by atoms with E-state index >= 15 is 0 Å². The minimum absolute atomic E-state index is 0.118. The predicted octanol–water partition coefficient (Wildman–Crippen LogP) is 2.08. The van der Waals surface area contributed by atoms with Gasteiger partial charge in [0.05, 0.1) is 24.6 Å². The van der Waals surface area contributed by atoms with Crippen LogP contribution in [0.25, 0.3) is 0 Å². The third-order valence-corrected chi connectivity index (χ3v) is 6.95. The zero-order valence-electron chi connectivity index (χ0n) is 18.2. The normalized spacial score (nSPS) is 25.9. The molecule has 2 atom stereocenters. The number of rotatable bonds is 5. The smallest absolute Gasteiger partial charge is 0.229 e. The highest BCUT2D eigenvalue weighted by molar-refractivity contribution is 6.32. The molecule has 0 spiro atoms. The summed E-state index contributed by atoms with van der Waals surface area (Å²) in [7, 11) is 3.77. The number of nitrogens with one attached hydrogen (secondary N) is 1. The fourth-order valence-electron chi connectivity index (χ4n) is 4.98. The van der Waals surface area contributed by atoms with Gasteiger partial charge in [0.1, 0.15) is 11.3 Å². The SMILES string of the molecule is Cn1cc(Nc2ncc(Cl)c(N3C[C@]4(C)CN(Cc5ncn(C)n5)C[C@]4(C)C3)n2)cn1. The van der Waals surface area contributed by atoms with Crippen molar-refractivity contribution in [2.24, 2.45) is 24.9 Å². The van der Waals surface area contributed by atoms with Crippen LogP contribution < -0.4 is 10.2 Å². The lowest BCUT2D eigenvalue weighted by Crippen LogP contribution is -2.34. The number of anilines is 3. The summed E-state index contributed by atoms with van der Waals surface area (Å²) in [6, 6.07) is 0. The maximum atomic E-state index is 6.53. The van der Waals surface area contributed by atoms with Crippen molar-refractivity contribution in [3.8, 4) is 0 Å². The highest BCUT2D eigenvalue weighted by Gasteiger charge is 2.58. The summed E-state index contributed by atoms with van der Waals surface area (Å²) in [5.41, 5.74) is 1.08.